The molecule has 1 aliphatic rings. The van der Waals surface area contributed by atoms with Crippen molar-refractivity contribution in [3.63, 3.8) is 0 Å². The van der Waals surface area contributed by atoms with Crippen LogP contribution in [-0.2, 0) is 9.57 Å². The largest absolute Gasteiger partial charge is 0.485 e. The Balaban J connectivity index is 0.00000242. The van der Waals surface area contributed by atoms with E-state index in [1.54, 1.807) is 0 Å². The Morgan fingerprint density at radius 3 is 2.73 bits per heavy atom. The van der Waals surface area contributed by atoms with Crippen molar-refractivity contribution in [1.82, 2.24) is 4.90 Å². The van der Waals surface area contributed by atoms with Gasteiger partial charge < -0.3 is 23.9 Å². The van der Waals surface area contributed by atoms with Gasteiger partial charge in [0.05, 0.1) is 6.61 Å². The molecule has 22 heavy (non-hydrogen) atoms. The van der Waals surface area contributed by atoms with Crippen LogP contribution in [0.4, 0.5) is 0 Å². The van der Waals surface area contributed by atoms with Crippen molar-refractivity contribution >= 4 is 18.3 Å². The summed E-state index contributed by atoms with van der Waals surface area (Å²) < 4.78 is 17.0. The molecule has 1 heterocycles. The Hall–Kier alpha value is -1.66. The Morgan fingerprint density at radius 2 is 2.05 bits per heavy atom. The number of halogens is 1. The summed E-state index contributed by atoms with van der Waals surface area (Å²) in [4.78, 5) is 7.31. The van der Waals surface area contributed by atoms with Gasteiger partial charge in [-0.3, -0.25) is 0 Å². The Bertz CT molecular complexity index is 482. The summed E-state index contributed by atoms with van der Waals surface area (Å²) in [6, 6.07) is 7.54. The zero-order valence-corrected chi connectivity index (χ0v) is 14.0. The first-order valence-corrected chi connectivity index (χ1v) is 7.06. The molecule has 0 N–H and O–H groups in total. The zero-order valence-electron chi connectivity index (χ0n) is 13.2. The predicted molar refractivity (Wildman–Crippen MR) is 87.2 cm³/mol. The third kappa shape index (κ3) is 5.27. The highest BCUT2D eigenvalue weighted by molar-refractivity contribution is 5.85. The Morgan fingerprint density at radius 1 is 1.32 bits per heavy atom. The SMILES string of the molecule is CCO/C(=N/OCCN(C)C)C1COc2ccccc2O1.Cl. The van der Waals surface area contributed by atoms with Crippen LogP contribution in [-0.4, -0.2) is 57.4 Å². The smallest absolute Gasteiger partial charge is 0.270 e. The summed E-state index contributed by atoms with van der Waals surface area (Å²) in [6.07, 6.45) is -0.390. The molecule has 1 atom stereocenters. The van der Waals surface area contributed by atoms with E-state index in [2.05, 4.69) is 5.16 Å². The van der Waals surface area contributed by atoms with Gasteiger partial charge in [-0.2, -0.15) is 0 Å². The minimum absolute atomic E-state index is 0. The lowest BCUT2D eigenvalue weighted by molar-refractivity contribution is 0.0846. The van der Waals surface area contributed by atoms with Gasteiger partial charge in [0.2, 0.25) is 6.10 Å². The molecule has 0 saturated carbocycles. The minimum atomic E-state index is -0.390. The molecule has 0 bridgehead atoms. The monoisotopic (exact) mass is 330 g/mol. The molecular formula is C15H23ClN2O4. The molecule has 124 valence electrons. The number of fused-ring (bicyclic) bond motifs is 1. The van der Waals surface area contributed by atoms with Gasteiger partial charge in [0.15, 0.2) is 11.5 Å². The lowest BCUT2D eigenvalue weighted by Gasteiger charge is -2.26. The average molecular weight is 331 g/mol. The molecule has 0 fully saturated rings. The molecule has 0 amide bonds. The number of hydrogen-bond donors (Lipinski definition) is 0. The molecule has 1 aromatic rings. The van der Waals surface area contributed by atoms with E-state index in [0.717, 1.165) is 12.3 Å². The quantitative estimate of drug-likeness (QED) is 0.346. The first kappa shape index (κ1) is 18.4. The van der Waals surface area contributed by atoms with Crippen LogP contribution in [0, 0.1) is 0 Å². The summed E-state index contributed by atoms with van der Waals surface area (Å²) in [5, 5.41) is 4.04. The van der Waals surface area contributed by atoms with Crippen LogP contribution in [0.3, 0.4) is 0 Å². The molecule has 1 aromatic carbocycles. The number of nitrogens with zero attached hydrogens (tertiary/aromatic N) is 2. The van der Waals surface area contributed by atoms with Gasteiger partial charge in [-0.25, -0.2) is 0 Å². The second-order valence-electron chi connectivity index (χ2n) is 4.86. The highest BCUT2D eigenvalue weighted by Gasteiger charge is 2.27. The van der Waals surface area contributed by atoms with Gasteiger partial charge in [-0.05, 0) is 38.3 Å². The number of benzene rings is 1. The summed E-state index contributed by atoms with van der Waals surface area (Å²) in [7, 11) is 3.96. The molecular weight excluding hydrogens is 308 g/mol. The number of hydrogen-bond acceptors (Lipinski definition) is 6. The van der Waals surface area contributed by atoms with Crippen molar-refractivity contribution in [3.05, 3.63) is 24.3 Å². The van der Waals surface area contributed by atoms with Crippen molar-refractivity contribution in [3.8, 4) is 11.5 Å². The van der Waals surface area contributed by atoms with Gasteiger partial charge in [0.25, 0.3) is 5.90 Å². The molecule has 0 saturated heterocycles. The van der Waals surface area contributed by atoms with Crippen LogP contribution >= 0.6 is 12.4 Å². The van der Waals surface area contributed by atoms with Gasteiger partial charge in [0, 0.05) is 6.54 Å². The summed E-state index contributed by atoms with van der Waals surface area (Å²) >= 11 is 0. The fourth-order valence-corrected chi connectivity index (χ4v) is 1.80. The van der Waals surface area contributed by atoms with E-state index in [4.69, 9.17) is 19.0 Å². The number of para-hydroxylation sites is 2. The number of ether oxygens (including phenoxy) is 3. The van der Waals surface area contributed by atoms with E-state index in [-0.39, 0.29) is 18.5 Å². The Kier molecular flexibility index (Phi) is 7.84. The van der Waals surface area contributed by atoms with Crippen LogP contribution in [0.1, 0.15) is 6.92 Å². The van der Waals surface area contributed by atoms with E-state index >= 15 is 0 Å². The third-order valence-electron chi connectivity index (χ3n) is 2.86. The fourth-order valence-electron chi connectivity index (χ4n) is 1.80. The van der Waals surface area contributed by atoms with Crippen molar-refractivity contribution in [2.45, 2.75) is 13.0 Å². The predicted octanol–water partition coefficient (Wildman–Crippen LogP) is 2.18. The maximum absolute atomic E-state index is 5.85. The van der Waals surface area contributed by atoms with Crippen molar-refractivity contribution in [1.29, 1.82) is 0 Å². The third-order valence-corrected chi connectivity index (χ3v) is 2.86. The van der Waals surface area contributed by atoms with Crippen molar-refractivity contribution < 1.29 is 19.0 Å². The molecule has 0 aromatic heterocycles. The molecule has 0 spiro atoms. The number of likely N-dealkylation sites (N-methyl/N-ethyl adjacent to an activating group) is 1. The highest BCUT2D eigenvalue weighted by atomic mass is 35.5. The molecule has 1 unspecified atom stereocenters. The summed E-state index contributed by atoms with van der Waals surface area (Å²) in [5.41, 5.74) is 0. The van der Waals surface area contributed by atoms with E-state index < -0.39 is 0 Å². The topological polar surface area (TPSA) is 52.5 Å². The van der Waals surface area contributed by atoms with Crippen LogP contribution in [0.15, 0.2) is 29.4 Å². The van der Waals surface area contributed by atoms with E-state index in [9.17, 15) is 0 Å². The van der Waals surface area contributed by atoms with Gasteiger partial charge in [-0.15, -0.1) is 12.4 Å². The van der Waals surface area contributed by atoms with Gasteiger partial charge in [-0.1, -0.05) is 12.1 Å². The van der Waals surface area contributed by atoms with E-state index in [0.29, 0.717) is 31.5 Å². The van der Waals surface area contributed by atoms with Crippen LogP contribution < -0.4 is 9.47 Å². The van der Waals surface area contributed by atoms with Gasteiger partial charge in [0.1, 0.15) is 13.2 Å². The normalized spacial score (nSPS) is 16.9. The lowest BCUT2D eigenvalue weighted by Crippen LogP contribution is -2.38. The maximum atomic E-state index is 5.85. The fraction of sp³-hybridized carbons (Fsp3) is 0.533. The highest BCUT2D eigenvalue weighted by Crippen LogP contribution is 2.31. The van der Waals surface area contributed by atoms with E-state index in [1.165, 1.54) is 0 Å². The van der Waals surface area contributed by atoms with Crippen molar-refractivity contribution in [2.75, 3.05) is 40.5 Å². The minimum Gasteiger partial charge on any atom is -0.485 e. The van der Waals surface area contributed by atoms with Crippen LogP contribution in [0.5, 0.6) is 11.5 Å². The summed E-state index contributed by atoms with van der Waals surface area (Å²) in [5.74, 6) is 1.83. The molecule has 0 aliphatic carbocycles. The van der Waals surface area contributed by atoms with Crippen LogP contribution in [0.25, 0.3) is 0 Å². The molecule has 2 rings (SSSR count). The van der Waals surface area contributed by atoms with Crippen molar-refractivity contribution in [2.24, 2.45) is 5.16 Å². The first-order valence-electron chi connectivity index (χ1n) is 7.06. The molecule has 1 aliphatic heterocycles. The number of oxime groups is 1. The zero-order chi connectivity index (χ0) is 15.1. The molecule has 6 nitrogen and oxygen atoms in total. The standard InChI is InChI=1S/C15H22N2O4.ClH/c1-4-18-15(16-20-10-9-17(2)3)14-11-19-12-7-5-6-8-13(12)21-14;/h5-8,14H,4,9-11H2,1-3H3;1H/b16-15+;. The van der Waals surface area contributed by atoms with Gasteiger partial charge >= 0.3 is 0 Å². The average Bonchev–Trinajstić information content (AvgIpc) is 2.49. The van der Waals surface area contributed by atoms with E-state index in [1.807, 2.05) is 50.2 Å². The second kappa shape index (κ2) is 9.38. The summed E-state index contributed by atoms with van der Waals surface area (Å²) in [6.45, 7) is 4.03. The molecule has 7 heteroatoms. The Labute approximate surface area is 137 Å². The molecule has 0 radical (unpaired) electrons. The second-order valence-corrected chi connectivity index (χ2v) is 4.86. The number of rotatable bonds is 6. The lowest BCUT2D eigenvalue weighted by atomic mass is 10.2. The maximum Gasteiger partial charge on any atom is 0.270 e. The van der Waals surface area contributed by atoms with Crippen LogP contribution in [0.2, 0.25) is 0 Å². The first-order chi connectivity index (χ1) is 10.2.